The summed E-state index contributed by atoms with van der Waals surface area (Å²) < 4.78 is 0. The molecule has 0 fully saturated rings. The predicted molar refractivity (Wildman–Crippen MR) is 83.3 cm³/mol. The third kappa shape index (κ3) is 3.70. The van der Waals surface area contributed by atoms with Crippen LogP contribution < -0.4 is 0 Å². The van der Waals surface area contributed by atoms with Gasteiger partial charge in [-0.15, -0.1) is 11.3 Å². The Morgan fingerprint density at radius 2 is 1.79 bits per heavy atom. The van der Waals surface area contributed by atoms with Gasteiger partial charge in [0.15, 0.2) is 0 Å². The number of thiophene rings is 1. The summed E-state index contributed by atoms with van der Waals surface area (Å²) in [6, 6.07) is 14.7. The van der Waals surface area contributed by atoms with E-state index in [1.54, 1.807) is 11.3 Å². The summed E-state index contributed by atoms with van der Waals surface area (Å²) in [5, 5.41) is 2.12. The van der Waals surface area contributed by atoms with Crippen molar-refractivity contribution in [3.05, 3.63) is 58.3 Å². The molecule has 0 amide bonds. The number of rotatable bonds is 4. The molecule has 1 atom stereocenters. The van der Waals surface area contributed by atoms with Crippen molar-refractivity contribution in [2.75, 3.05) is 13.1 Å². The Labute approximate surface area is 119 Å². The smallest absolute Gasteiger partial charge is 0.107 e. The average Bonchev–Trinajstić information content (AvgIpc) is 2.98. The first-order valence-corrected chi connectivity index (χ1v) is 7.57. The van der Waals surface area contributed by atoms with E-state index in [-0.39, 0.29) is 6.04 Å². The topological polar surface area (TPSA) is 3.24 Å². The molecule has 1 aromatic heterocycles. The van der Waals surface area contributed by atoms with E-state index in [1.165, 1.54) is 4.88 Å². The molecule has 2 heteroatoms. The van der Waals surface area contributed by atoms with Gasteiger partial charge < -0.3 is 0 Å². The molecule has 0 aliphatic rings. The Bertz CT molecular complexity index is 530. The lowest BCUT2D eigenvalue weighted by Gasteiger charge is -2.24. The summed E-state index contributed by atoms with van der Waals surface area (Å²) >= 11 is 1.78. The van der Waals surface area contributed by atoms with Gasteiger partial charge >= 0.3 is 0 Å². The van der Waals surface area contributed by atoms with Crippen LogP contribution in [0.25, 0.3) is 0 Å². The molecule has 1 nitrogen and oxygen atoms in total. The Morgan fingerprint density at radius 1 is 1.05 bits per heavy atom. The second-order valence-electron chi connectivity index (χ2n) is 4.27. The third-order valence-electron chi connectivity index (χ3n) is 3.12. The molecule has 19 heavy (non-hydrogen) atoms. The summed E-state index contributed by atoms with van der Waals surface area (Å²) in [6.07, 6.45) is 0. The van der Waals surface area contributed by atoms with Crippen LogP contribution in [0, 0.1) is 11.8 Å². The zero-order valence-electron chi connectivity index (χ0n) is 11.5. The highest BCUT2D eigenvalue weighted by atomic mass is 32.1. The van der Waals surface area contributed by atoms with Crippen LogP contribution in [-0.4, -0.2) is 18.0 Å². The lowest BCUT2D eigenvalue weighted by atomic mass is 10.1. The fraction of sp³-hybridized carbons (Fsp3) is 0.294. The highest BCUT2D eigenvalue weighted by molar-refractivity contribution is 7.10. The van der Waals surface area contributed by atoms with Gasteiger partial charge in [0.05, 0.1) is 0 Å². The first kappa shape index (κ1) is 13.9. The monoisotopic (exact) mass is 269 g/mol. The van der Waals surface area contributed by atoms with Gasteiger partial charge in [-0.2, -0.15) is 0 Å². The largest absolute Gasteiger partial charge is 0.286 e. The molecule has 1 aromatic carbocycles. The van der Waals surface area contributed by atoms with Gasteiger partial charge in [-0.05, 0) is 36.7 Å². The Morgan fingerprint density at radius 3 is 2.37 bits per heavy atom. The number of nitrogens with zero attached hydrogens (tertiary/aromatic N) is 1. The lowest BCUT2D eigenvalue weighted by molar-refractivity contribution is 0.267. The van der Waals surface area contributed by atoms with Gasteiger partial charge in [-0.1, -0.05) is 50.0 Å². The molecular formula is C17H19NS. The summed E-state index contributed by atoms with van der Waals surface area (Å²) in [5.74, 6) is 6.72. The number of hydrogen-bond acceptors (Lipinski definition) is 2. The normalized spacial score (nSPS) is 11.9. The molecular weight excluding hydrogens is 250 g/mol. The van der Waals surface area contributed by atoms with Crippen LogP contribution in [0.1, 0.15) is 30.3 Å². The van der Waals surface area contributed by atoms with Crippen molar-refractivity contribution in [2.45, 2.75) is 19.9 Å². The highest BCUT2D eigenvalue weighted by Crippen LogP contribution is 2.24. The zero-order chi connectivity index (χ0) is 13.5. The first-order valence-electron chi connectivity index (χ1n) is 6.69. The van der Waals surface area contributed by atoms with E-state index in [2.05, 4.69) is 60.2 Å². The molecule has 0 N–H and O–H groups in total. The van der Waals surface area contributed by atoms with E-state index >= 15 is 0 Å². The third-order valence-corrected chi connectivity index (χ3v) is 4.04. The standard InChI is InChI=1S/C17H19NS/c1-3-18(4-2)16(17-11-8-14-19-17)13-12-15-9-6-5-7-10-15/h5-11,14,16H,3-4H2,1-2H3. The average molecular weight is 269 g/mol. The summed E-state index contributed by atoms with van der Waals surface area (Å²) in [4.78, 5) is 3.72. The van der Waals surface area contributed by atoms with Gasteiger partial charge in [0.25, 0.3) is 0 Å². The van der Waals surface area contributed by atoms with E-state index in [0.717, 1.165) is 18.7 Å². The Hall–Kier alpha value is -1.56. The summed E-state index contributed by atoms with van der Waals surface area (Å²) in [5.41, 5.74) is 1.08. The van der Waals surface area contributed by atoms with Crippen LogP contribution in [0.2, 0.25) is 0 Å². The van der Waals surface area contributed by atoms with Crippen molar-refractivity contribution in [2.24, 2.45) is 0 Å². The maximum atomic E-state index is 3.43. The molecule has 2 rings (SSSR count). The number of benzene rings is 1. The maximum absolute atomic E-state index is 3.43. The van der Waals surface area contributed by atoms with E-state index in [1.807, 2.05) is 18.2 Å². The second-order valence-corrected chi connectivity index (χ2v) is 5.25. The first-order chi connectivity index (χ1) is 9.35. The molecule has 0 saturated carbocycles. The minimum Gasteiger partial charge on any atom is -0.286 e. The van der Waals surface area contributed by atoms with E-state index in [0.29, 0.717) is 0 Å². The zero-order valence-corrected chi connectivity index (χ0v) is 12.3. The van der Waals surface area contributed by atoms with Gasteiger partial charge in [0, 0.05) is 10.4 Å². The van der Waals surface area contributed by atoms with Crippen LogP contribution in [0.4, 0.5) is 0 Å². The van der Waals surface area contributed by atoms with E-state index in [4.69, 9.17) is 0 Å². The minimum atomic E-state index is 0.204. The molecule has 0 bridgehead atoms. The van der Waals surface area contributed by atoms with Gasteiger partial charge in [0.1, 0.15) is 6.04 Å². The van der Waals surface area contributed by atoms with Crippen molar-refractivity contribution in [3.63, 3.8) is 0 Å². The fourth-order valence-electron chi connectivity index (χ4n) is 2.05. The fourth-order valence-corrected chi connectivity index (χ4v) is 2.86. The molecule has 1 unspecified atom stereocenters. The van der Waals surface area contributed by atoms with Crippen LogP contribution >= 0.6 is 11.3 Å². The van der Waals surface area contributed by atoms with Crippen molar-refractivity contribution in [1.82, 2.24) is 4.90 Å². The van der Waals surface area contributed by atoms with Gasteiger partial charge in [-0.3, -0.25) is 4.90 Å². The molecule has 0 aliphatic carbocycles. The summed E-state index contributed by atoms with van der Waals surface area (Å²) in [6.45, 7) is 6.41. The molecule has 0 aliphatic heterocycles. The maximum Gasteiger partial charge on any atom is 0.107 e. The predicted octanol–water partition coefficient (Wildman–Crippen LogP) is 4.18. The van der Waals surface area contributed by atoms with E-state index in [9.17, 15) is 0 Å². The molecule has 0 saturated heterocycles. The quantitative estimate of drug-likeness (QED) is 0.753. The SMILES string of the molecule is CCN(CC)C(C#Cc1ccccc1)c1cccs1. The van der Waals surface area contributed by atoms with Crippen LogP contribution in [0.3, 0.4) is 0 Å². The molecule has 98 valence electrons. The highest BCUT2D eigenvalue weighted by Gasteiger charge is 2.15. The van der Waals surface area contributed by atoms with E-state index < -0.39 is 0 Å². The van der Waals surface area contributed by atoms with Crippen molar-refractivity contribution < 1.29 is 0 Å². The molecule has 1 heterocycles. The van der Waals surface area contributed by atoms with Crippen LogP contribution in [0.15, 0.2) is 47.8 Å². The van der Waals surface area contributed by atoms with Crippen LogP contribution in [-0.2, 0) is 0 Å². The van der Waals surface area contributed by atoms with Crippen molar-refractivity contribution in [3.8, 4) is 11.8 Å². The van der Waals surface area contributed by atoms with Gasteiger partial charge in [0.2, 0.25) is 0 Å². The molecule has 0 spiro atoms. The lowest BCUT2D eigenvalue weighted by Crippen LogP contribution is -2.26. The van der Waals surface area contributed by atoms with Crippen molar-refractivity contribution in [1.29, 1.82) is 0 Å². The van der Waals surface area contributed by atoms with Crippen molar-refractivity contribution >= 4 is 11.3 Å². The molecule has 2 aromatic rings. The van der Waals surface area contributed by atoms with Crippen LogP contribution in [0.5, 0.6) is 0 Å². The molecule has 0 radical (unpaired) electrons. The second kappa shape index (κ2) is 7.13. The van der Waals surface area contributed by atoms with Gasteiger partial charge in [-0.25, -0.2) is 0 Å². The number of hydrogen-bond donors (Lipinski definition) is 0. The Kier molecular flexibility index (Phi) is 5.20. The summed E-state index contributed by atoms with van der Waals surface area (Å²) in [7, 11) is 0. The minimum absolute atomic E-state index is 0.204. The Balaban J connectivity index is 2.27.